The number of aryl methyl sites for hydroxylation is 1. The fourth-order valence-electron chi connectivity index (χ4n) is 2.34. The number of carbonyl (C=O) groups excluding carboxylic acids is 1. The van der Waals surface area contributed by atoms with Gasteiger partial charge in [-0.25, -0.2) is 9.18 Å². The topological polar surface area (TPSA) is 54.0 Å². The van der Waals surface area contributed by atoms with Gasteiger partial charge in [-0.3, -0.25) is 4.98 Å². The average molecular weight is 301 g/mol. The maximum atomic E-state index is 12.8. The molecule has 0 atom stereocenters. The molecule has 0 radical (unpaired) electrons. The highest BCUT2D eigenvalue weighted by Gasteiger charge is 2.09. The summed E-state index contributed by atoms with van der Waals surface area (Å²) < 4.78 is 12.8. The lowest BCUT2D eigenvalue weighted by molar-refractivity contribution is 0.251. The van der Waals surface area contributed by atoms with E-state index in [1.165, 1.54) is 35.4 Å². The van der Waals surface area contributed by atoms with E-state index in [1.807, 2.05) is 13.8 Å². The Morgan fingerprint density at radius 3 is 2.55 bits per heavy atom. The number of amides is 2. The molecular weight excluding hydrogens is 281 g/mol. The molecule has 0 bridgehead atoms. The lowest BCUT2D eigenvalue weighted by Crippen LogP contribution is -2.28. The maximum absolute atomic E-state index is 12.8. The van der Waals surface area contributed by atoms with Gasteiger partial charge in [0.2, 0.25) is 0 Å². The molecule has 1 aromatic heterocycles. The van der Waals surface area contributed by atoms with Crippen LogP contribution in [0.5, 0.6) is 0 Å². The number of carbonyl (C=O) groups is 1. The van der Waals surface area contributed by atoms with E-state index in [9.17, 15) is 9.18 Å². The van der Waals surface area contributed by atoms with Gasteiger partial charge in [0, 0.05) is 24.1 Å². The molecule has 5 heteroatoms. The minimum absolute atomic E-state index is 0.327. The Morgan fingerprint density at radius 1 is 1.23 bits per heavy atom. The van der Waals surface area contributed by atoms with Crippen LogP contribution in [0, 0.1) is 19.7 Å². The molecule has 116 valence electrons. The monoisotopic (exact) mass is 301 g/mol. The Labute approximate surface area is 129 Å². The number of anilines is 1. The van der Waals surface area contributed by atoms with Crippen LogP contribution >= 0.6 is 0 Å². The van der Waals surface area contributed by atoms with Crippen LogP contribution in [0.25, 0.3) is 0 Å². The first-order valence-corrected chi connectivity index (χ1v) is 7.25. The average Bonchev–Trinajstić information content (AvgIpc) is 2.51. The fourth-order valence-corrected chi connectivity index (χ4v) is 2.34. The molecule has 2 rings (SSSR count). The molecule has 2 amide bonds. The van der Waals surface area contributed by atoms with Crippen LogP contribution in [-0.2, 0) is 13.0 Å². The molecule has 0 spiro atoms. The molecule has 1 heterocycles. The second-order valence-electron chi connectivity index (χ2n) is 5.14. The summed E-state index contributed by atoms with van der Waals surface area (Å²) in [5.74, 6) is -0.334. The quantitative estimate of drug-likeness (QED) is 0.904. The van der Waals surface area contributed by atoms with Crippen molar-refractivity contribution < 1.29 is 9.18 Å². The molecule has 0 saturated heterocycles. The van der Waals surface area contributed by atoms with Crippen molar-refractivity contribution in [2.75, 3.05) is 5.32 Å². The number of halogens is 1. The Morgan fingerprint density at radius 2 is 1.91 bits per heavy atom. The van der Waals surface area contributed by atoms with E-state index < -0.39 is 0 Å². The largest absolute Gasteiger partial charge is 0.334 e. The van der Waals surface area contributed by atoms with E-state index in [0.29, 0.717) is 12.2 Å². The molecule has 2 N–H and O–H groups in total. The molecular formula is C17H20FN3O. The second kappa shape index (κ2) is 7.02. The van der Waals surface area contributed by atoms with Crippen molar-refractivity contribution in [3.05, 3.63) is 58.7 Å². The lowest BCUT2D eigenvalue weighted by Gasteiger charge is -2.14. The molecule has 0 saturated carbocycles. The number of hydrogen-bond acceptors (Lipinski definition) is 2. The maximum Gasteiger partial charge on any atom is 0.319 e. The van der Waals surface area contributed by atoms with Gasteiger partial charge in [0.1, 0.15) is 5.82 Å². The minimum Gasteiger partial charge on any atom is -0.334 e. The molecule has 0 aliphatic heterocycles. The SMILES string of the molecule is CCc1c(CNC(=O)Nc2ccc(F)cc2)cnc(C)c1C. The predicted molar refractivity (Wildman–Crippen MR) is 85.3 cm³/mol. The Bertz CT molecular complexity index is 668. The van der Waals surface area contributed by atoms with E-state index in [-0.39, 0.29) is 11.8 Å². The van der Waals surface area contributed by atoms with Crippen LogP contribution in [0.3, 0.4) is 0 Å². The molecule has 1 aromatic carbocycles. The third kappa shape index (κ3) is 3.81. The van der Waals surface area contributed by atoms with Crippen LogP contribution in [0.2, 0.25) is 0 Å². The highest BCUT2D eigenvalue weighted by atomic mass is 19.1. The zero-order chi connectivity index (χ0) is 16.1. The number of benzene rings is 1. The number of rotatable bonds is 4. The molecule has 2 aromatic rings. The van der Waals surface area contributed by atoms with Crippen LogP contribution in [-0.4, -0.2) is 11.0 Å². The lowest BCUT2D eigenvalue weighted by atomic mass is 10.0. The minimum atomic E-state index is -0.334. The van der Waals surface area contributed by atoms with Crippen molar-refractivity contribution in [1.29, 1.82) is 0 Å². The summed E-state index contributed by atoms with van der Waals surface area (Å²) in [7, 11) is 0. The summed E-state index contributed by atoms with van der Waals surface area (Å²) >= 11 is 0. The predicted octanol–water partition coefficient (Wildman–Crippen LogP) is 3.72. The first kappa shape index (κ1) is 15.9. The van der Waals surface area contributed by atoms with Crippen LogP contribution in [0.4, 0.5) is 14.9 Å². The number of urea groups is 1. The highest BCUT2D eigenvalue weighted by molar-refractivity contribution is 5.89. The van der Waals surface area contributed by atoms with Crippen molar-refractivity contribution in [1.82, 2.24) is 10.3 Å². The van der Waals surface area contributed by atoms with Gasteiger partial charge >= 0.3 is 6.03 Å². The molecule has 0 aliphatic carbocycles. The van der Waals surface area contributed by atoms with Gasteiger partial charge in [0.15, 0.2) is 0 Å². The molecule has 4 nitrogen and oxygen atoms in total. The van der Waals surface area contributed by atoms with Crippen molar-refractivity contribution >= 4 is 11.7 Å². The number of pyridine rings is 1. The molecule has 0 aliphatic rings. The van der Waals surface area contributed by atoms with Gasteiger partial charge in [0.05, 0.1) is 0 Å². The number of nitrogens with zero attached hydrogens (tertiary/aromatic N) is 1. The first-order valence-electron chi connectivity index (χ1n) is 7.25. The Kier molecular flexibility index (Phi) is 5.09. The molecule has 0 fully saturated rings. The zero-order valence-electron chi connectivity index (χ0n) is 13.0. The smallest absolute Gasteiger partial charge is 0.319 e. The van der Waals surface area contributed by atoms with Gasteiger partial charge in [-0.15, -0.1) is 0 Å². The van der Waals surface area contributed by atoms with Crippen LogP contribution in [0.1, 0.15) is 29.3 Å². The Hall–Kier alpha value is -2.43. The summed E-state index contributed by atoms with van der Waals surface area (Å²) in [4.78, 5) is 16.2. The summed E-state index contributed by atoms with van der Waals surface area (Å²) in [5, 5.41) is 5.47. The summed E-state index contributed by atoms with van der Waals surface area (Å²) in [5.41, 5.74) is 4.96. The van der Waals surface area contributed by atoms with E-state index in [2.05, 4.69) is 22.5 Å². The third-order valence-corrected chi connectivity index (χ3v) is 3.69. The van der Waals surface area contributed by atoms with E-state index >= 15 is 0 Å². The normalized spacial score (nSPS) is 10.4. The van der Waals surface area contributed by atoms with Gasteiger partial charge in [-0.1, -0.05) is 6.92 Å². The van der Waals surface area contributed by atoms with Crippen molar-refractivity contribution in [2.45, 2.75) is 33.7 Å². The zero-order valence-corrected chi connectivity index (χ0v) is 13.0. The molecule has 22 heavy (non-hydrogen) atoms. The van der Waals surface area contributed by atoms with Crippen molar-refractivity contribution in [2.24, 2.45) is 0 Å². The number of aromatic nitrogens is 1. The van der Waals surface area contributed by atoms with Gasteiger partial charge in [-0.05, 0) is 61.2 Å². The van der Waals surface area contributed by atoms with Crippen molar-refractivity contribution in [3.8, 4) is 0 Å². The van der Waals surface area contributed by atoms with Gasteiger partial charge in [-0.2, -0.15) is 0 Å². The van der Waals surface area contributed by atoms with Crippen molar-refractivity contribution in [3.63, 3.8) is 0 Å². The summed E-state index contributed by atoms with van der Waals surface area (Å²) in [6.07, 6.45) is 2.70. The summed E-state index contributed by atoms with van der Waals surface area (Å²) in [6.45, 7) is 6.52. The number of nitrogens with one attached hydrogen (secondary N) is 2. The summed E-state index contributed by atoms with van der Waals surface area (Å²) in [6, 6.07) is 5.32. The van der Waals surface area contributed by atoms with E-state index in [1.54, 1.807) is 6.20 Å². The van der Waals surface area contributed by atoms with E-state index in [0.717, 1.165) is 17.7 Å². The van der Waals surface area contributed by atoms with Gasteiger partial charge < -0.3 is 10.6 Å². The number of hydrogen-bond donors (Lipinski definition) is 2. The van der Waals surface area contributed by atoms with Gasteiger partial charge in [0.25, 0.3) is 0 Å². The fraction of sp³-hybridized carbons (Fsp3) is 0.294. The first-order chi connectivity index (χ1) is 10.5. The van der Waals surface area contributed by atoms with E-state index in [4.69, 9.17) is 0 Å². The van der Waals surface area contributed by atoms with Crippen LogP contribution in [0.15, 0.2) is 30.5 Å². The standard InChI is InChI=1S/C17H20FN3O/c1-4-16-11(2)12(3)19-9-13(16)10-20-17(22)21-15-7-5-14(18)6-8-15/h5-9H,4,10H2,1-3H3,(H2,20,21,22). The third-order valence-electron chi connectivity index (χ3n) is 3.69. The van der Waals surface area contributed by atoms with Crippen LogP contribution < -0.4 is 10.6 Å². The molecule has 0 unspecified atom stereocenters. The highest BCUT2D eigenvalue weighted by Crippen LogP contribution is 2.16. The second-order valence-corrected chi connectivity index (χ2v) is 5.14. The Balaban J connectivity index is 1.99.